The molecule has 0 aliphatic carbocycles. The summed E-state index contributed by atoms with van der Waals surface area (Å²) in [5.74, 6) is 0.0265. The van der Waals surface area contributed by atoms with Crippen molar-refractivity contribution in [2.75, 3.05) is 6.54 Å². The highest BCUT2D eigenvalue weighted by Gasteiger charge is 2.26. The van der Waals surface area contributed by atoms with Crippen molar-refractivity contribution >= 4 is 28.3 Å². The topological polar surface area (TPSA) is 59.2 Å². The molecule has 0 unspecified atom stereocenters. The predicted molar refractivity (Wildman–Crippen MR) is 84.0 cm³/mol. The van der Waals surface area contributed by atoms with Crippen molar-refractivity contribution in [2.24, 2.45) is 0 Å². The lowest BCUT2D eigenvalue weighted by Crippen LogP contribution is -2.35. The average molecular weight is 313 g/mol. The summed E-state index contributed by atoms with van der Waals surface area (Å²) in [6.45, 7) is 5.12. The first-order valence-electron chi connectivity index (χ1n) is 7.21. The van der Waals surface area contributed by atoms with Crippen molar-refractivity contribution in [1.29, 1.82) is 0 Å². The van der Waals surface area contributed by atoms with Crippen molar-refractivity contribution in [3.8, 4) is 0 Å². The number of hydrogen-bond acceptors (Lipinski definition) is 5. The molecule has 0 saturated heterocycles. The van der Waals surface area contributed by atoms with Gasteiger partial charge in [0, 0.05) is 23.7 Å². The number of nitrogens with zero attached hydrogens (tertiary/aromatic N) is 3. The Morgan fingerprint density at radius 1 is 1.41 bits per heavy atom. The van der Waals surface area contributed by atoms with Crippen molar-refractivity contribution in [3.63, 3.8) is 0 Å². The molecule has 0 atom stereocenters. The van der Waals surface area contributed by atoms with Crippen molar-refractivity contribution in [3.05, 3.63) is 44.9 Å². The second-order valence-corrected chi connectivity index (χ2v) is 6.61. The Morgan fingerprint density at radius 3 is 3.14 bits per heavy atom. The molecule has 0 N–H and O–H groups in total. The number of aryl methyl sites for hydroxylation is 2. The van der Waals surface area contributed by atoms with Crippen LogP contribution in [0.1, 0.15) is 32.2 Å². The Bertz CT molecular complexity index is 881. The molecular weight excluding hydrogens is 298 g/mol. The van der Waals surface area contributed by atoms with Crippen LogP contribution in [0.25, 0.3) is 11.1 Å². The number of fused-ring (bicyclic) bond motifs is 2. The fourth-order valence-corrected chi connectivity index (χ4v) is 3.87. The monoisotopic (exact) mass is 313 g/mol. The van der Waals surface area contributed by atoms with Crippen LogP contribution in [0.5, 0.6) is 0 Å². The summed E-state index contributed by atoms with van der Waals surface area (Å²) < 4.78 is 5.22. The highest BCUT2D eigenvalue weighted by molar-refractivity contribution is 7.10. The summed E-state index contributed by atoms with van der Waals surface area (Å²) in [5, 5.41) is 6.77. The van der Waals surface area contributed by atoms with Gasteiger partial charge in [-0.15, -0.1) is 11.3 Å². The van der Waals surface area contributed by atoms with Crippen molar-refractivity contribution in [2.45, 2.75) is 26.8 Å². The van der Waals surface area contributed by atoms with E-state index in [-0.39, 0.29) is 5.91 Å². The van der Waals surface area contributed by atoms with Gasteiger partial charge in [-0.1, -0.05) is 5.16 Å². The van der Waals surface area contributed by atoms with E-state index in [1.165, 1.54) is 10.4 Å². The Kier molecular flexibility index (Phi) is 3.00. The molecule has 1 aliphatic heterocycles. The van der Waals surface area contributed by atoms with Crippen LogP contribution in [0.4, 0.5) is 0 Å². The maximum atomic E-state index is 13.0. The molecule has 0 fully saturated rings. The smallest absolute Gasteiger partial charge is 0.258 e. The summed E-state index contributed by atoms with van der Waals surface area (Å²) in [5.41, 5.74) is 3.81. The normalized spacial score (nSPS) is 14.4. The van der Waals surface area contributed by atoms with Crippen LogP contribution in [0.2, 0.25) is 0 Å². The van der Waals surface area contributed by atoms with Crippen LogP contribution in [0, 0.1) is 13.8 Å². The summed E-state index contributed by atoms with van der Waals surface area (Å²) in [6, 6.07) is 3.94. The van der Waals surface area contributed by atoms with Gasteiger partial charge in [0.2, 0.25) is 0 Å². The Labute approximate surface area is 131 Å². The molecule has 3 aromatic heterocycles. The molecule has 0 aromatic carbocycles. The Morgan fingerprint density at radius 2 is 2.27 bits per heavy atom. The van der Waals surface area contributed by atoms with Crippen LogP contribution in [-0.4, -0.2) is 27.5 Å². The zero-order chi connectivity index (χ0) is 15.3. The molecule has 4 heterocycles. The lowest BCUT2D eigenvalue weighted by molar-refractivity contribution is 0.0737. The van der Waals surface area contributed by atoms with E-state index in [0.717, 1.165) is 24.0 Å². The first kappa shape index (κ1) is 13.5. The van der Waals surface area contributed by atoms with Crippen molar-refractivity contribution in [1.82, 2.24) is 15.0 Å². The molecule has 112 valence electrons. The number of aromatic nitrogens is 2. The van der Waals surface area contributed by atoms with Gasteiger partial charge in [-0.05, 0) is 43.3 Å². The highest BCUT2D eigenvalue weighted by Crippen LogP contribution is 2.28. The molecule has 0 spiro atoms. The van der Waals surface area contributed by atoms with Crippen molar-refractivity contribution < 1.29 is 9.32 Å². The van der Waals surface area contributed by atoms with Gasteiger partial charge in [-0.25, -0.2) is 4.98 Å². The number of carbonyl (C=O) groups is 1. The molecule has 4 rings (SSSR count). The van der Waals surface area contributed by atoms with E-state index in [1.807, 2.05) is 24.8 Å². The molecule has 6 heteroatoms. The molecule has 22 heavy (non-hydrogen) atoms. The number of carbonyl (C=O) groups excluding carboxylic acids is 1. The molecule has 0 radical (unpaired) electrons. The SMILES string of the molecule is Cc1cc(C(=O)N2CCc3sccc3C2)c2c(C)noc2n1. The first-order valence-corrected chi connectivity index (χ1v) is 8.09. The van der Waals surface area contributed by atoms with Crippen LogP contribution >= 0.6 is 11.3 Å². The van der Waals surface area contributed by atoms with E-state index in [9.17, 15) is 4.79 Å². The van der Waals surface area contributed by atoms with Gasteiger partial charge in [-0.2, -0.15) is 0 Å². The molecule has 1 amide bonds. The van der Waals surface area contributed by atoms with Crippen LogP contribution in [0.15, 0.2) is 22.0 Å². The Balaban J connectivity index is 1.76. The molecular formula is C16H15N3O2S. The first-order chi connectivity index (χ1) is 10.6. The third-order valence-corrected chi connectivity index (χ3v) is 5.09. The predicted octanol–water partition coefficient (Wildman–Crippen LogP) is 3.10. The van der Waals surface area contributed by atoms with E-state index >= 15 is 0 Å². The minimum Gasteiger partial charge on any atom is -0.336 e. The molecule has 5 nitrogen and oxygen atoms in total. The van der Waals surface area contributed by atoms with E-state index in [1.54, 1.807) is 11.3 Å². The van der Waals surface area contributed by atoms with Gasteiger partial charge in [0.15, 0.2) is 0 Å². The number of hydrogen-bond donors (Lipinski definition) is 0. The minimum atomic E-state index is 0.0265. The summed E-state index contributed by atoms with van der Waals surface area (Å²) >= 11 is 1.77. The second kappa shape index (κ2) is 4.91. The second-order valence-electron chi connectivity index (χ2n) is 5.61. The summed E-state index contributed by atoms with van der Waals surface area (Å²) in [6.07, 6.45) is 0.925. The third-order valence-electron chi connectivity index (χ3n) is 4.07. The van der Waals surface area contributed by atoms with Gasteiger partial charge in [-0.3, -0.25) is 4.79 Å². The quantitative estimate of drug-likeness (QED) is 0.692. The number of thiophene rings is 1. The Hall–Kier alpha value is -2.21. The highest BCUT2D eigenvalue weighted by atomic mass is 32.1. The zero-order valence-electron chi connectivity index (χ0n) is 12.4. The van der Waals surface area contributed by atoms with Gasteiger partial charge in [0.25, 0.3) is 11.6 Å². The number of rotatable bonds is 1. The van der Waals surface area contributed by atoms with E-state index in [2.05, 4.69) is 21.6 Å². The van der Waals surface area contributed by atoms with Gasteiger partial charge >= 0.3 is 0 Å². The fraction of sp³-hybridized carbons (Fsp3) is 0.312. The van der Waals surface area contributed by atoms with E-state index in [4.69, 9.17) is 4.52 Å². The number of amides is 1. The number of pyridine rings is 1. The lowest BCUT2D eigenvalue weighted by Gasteiger charge is -2.27. The lowest BCUT2D eigenvalue weighted by atomic mass is 10.1. The van der Waals surface area contributed by atoms with Gasteiger partial charge in [0.05, 0.1) is 16.6 Å². The molecule has 0 saturated carbocycles. The molecule has 1 aliphatic rings. The zero-order valence-corrected chi connectivity index (χ0v) is 13.2. The van der Waals surface area contributed by atoms with Gasteiger partial charge in [0.1, 0.15) is 0 Å². The minimum absolute atomic E-state index is 0.0265. The van der Waals surface area contributed by atoms with Crippen LogP contribution < -0.4 is 0 Å². The van der Waals surface area contributed by atoms with Crippen LogP contribution in [-0.2, 0) is 13.0 Å². The summed E-state index contributed by atoms with van der Waals surface area (Å²) in [7, 11) is 0. The third kappa shape index (κ3) is 2.02. The van der Waals surface area contributed by atoms with Crippen LogP contribution in [0.3, 0.4) is 0 Å². The standard InChI is InChI=1S/C16H15N3O2S/c1-9-7-12(14-10(2)18-21-15(14)17-9)16(20)19-5-3-13-11(8-19)4-6-22-13/h4,6-7H,3,5,8H2,1-2H3. The largest absolute Gasteiger partial charge is 0.336 e. The summed E-state index contributed by atoms with van der Waals surface area (Å²) in [4.78, 5) is 20.6. The van der Waals surface area contributed by atoms with E-state index in [0.29, 0.717) is 23.5 Å². The fourth-order valence-electron chi connectivity index (χ4n) is 2.98. The average Bonchev–Trinajstić information content (AvgIpc) is 3.12. The maximum Gasteiger partial charge on any atom is 0.258 e. The van der Waals surface area contributed by atoms with E-state index < -0.39 is 0 Å². The van der Waals surface area contributed by atoms with Gasteiger partial charge < -0.3 is 9.42 Å². The molecule has 0 bridgehead atoms. The maximum absolute atomic E-state index is 13.0. The molecule has 3 aromatic rings.